The molecule has 2 aromatic carbocycles. The van der Waals surface area contributed by atoms with E-state index in [1.54, 1.807) is 32.0 Å². The lowest BCUT2D eigenvalue weighted by atomic mass is 10.0. The summed E-state index contributed by atoms with van der Waals surface area (Å²) < 4.78 is 29.7. The molecule has 14 nitrogen and oxygen atoms in total. The lowest BCUT2D eigenvalue weighted by molar-refractivity contribution is -0.671. The van der Waals surface area contributed by atoms with E-state index in [-0.39, 0.29) is 16.9 Å². The Kier molecular flexibility index (Phi) is 18.6. The van der Waals surface area contributed by atoms with Crippen LogP contribution < -0.4 is 36.1 Å². The van der Waals surface area contributed by atoms with Crippen molar-refractivity contribution in [1.82, 2.24) is 34.8 Å². The second-order valence-electron chi connectivity index (χ2n) is 17.5. The maximum absolute atomic E-state index is 14.1. The normalized spacial score (nSPS) is 16.4. The number of halogens is 3. The Morgan fingerprint density at radius 1 is 0.615 bits per heavy atom. The molecular weight excluding hydrogens is 846 g/mol. The van der Waals surface area contributed by atoms with Gasteiger partial charge in [-0.15, -0.1) is 0 Å². The van der Waals surface area contributed by atoms with Crippen LogP contribution in [-0.2, 0) is 7.05 Å². The molecule has 1 saturated heterocycles. The highest BCUT2D eigenvalue weighted by molar-refractivity contribution is 6.28. The summed E-state index contributed by atoms with van der Waals surface area (Å²) in [6, 6.07) is 15.2. The molecule has 8 rings (SSSR count). The van der Waals surface area contributed by atoms with Gasteiger partial charge < -0.3 is 36.4 Å². The van der Waals surface area contributed by atoms with Gasteiger partial charge in [0.25, 0.3) is 0 Å². The van der Waals surface area contributed by atoms with Crippen LogP contribution in [0.25, 0.3) is 0 Å². The zero-order chi connectivity index (χ0) is 46.1. The van der Waals surface area contributed by atoms with E-state index >= 15 is 0 Å². The summed E-state index contributed by atoms with van der Waals surface area (Å²) in [5.41, 5.74) is 3.55. The van der Waals surface area contributed by atoms with Crippen molar-refractivity contribution >= 4 is 58.4 Å². The Balaban J connectivity index is 0.000000186. The molecule has 0 spiro atoms. The van der Waals surface area contributed by atoms with Crippen molar-refractivity contribution in [2.24, 2.45) is 7.05 Å². The van der Waals surface area contributed by atoms with Crippen LogP contribution in [0.4, 0.5) is 55.6 Å². The number of anilines is 8. The molecule has 0 radical (unpaired) electrons. The quantitative estimate of drug-likeness (QED) is 0.0633. The van der Waals surface area contributed by atoms with Gasteiger partial charge in [0, 0.05) is 61.4 Å². The van der Waals surface area contributed by atoms with Gasteiger partial charge >= 0.3 is 0 Å². The fourth-order valence-corrected chi connectivity index (χ4v) is 8.30. The third-order valence-corrected chi connectivity index (χ3v) is 12.5. The SMILES string of the molecule is CNc1cc[n+](C)cc1.Cc1ccc(Nc2nc(Cl)nc(NC3CCCCCC3)n2)cc1F.Cc1ccc(Nc2nc(NC3CCCCCC3)nc(N(C)C3CCN(C)CC3)n2)cc1F. The van der Waals surface area contributed by atoms with E-state index in [1.807, 2.05) is 49.3 Å². The minimum Gasteiger partial charge on any atom is -0.388 e. The van der Waals surface area contributed by atoms with E-state index in [0.29, 0.717) is 70.4 Å². The van der Waals surface area contributed by atoms with Crippen molar-refractivity contribution in [3.05, 3.63) is 89.0 Å². The number of hydrogen-bond acceptors (Lipinski definition) is 13. The number of pyridine rings is 1. The van der Waals surface area contributed by atoms with Crippen LogP contribution in [0.1, 0.15) is 101 Å². The summed E-state index contributed by atoms with van der Waals surface area (Å²) in [5, 5.41) is 16.2. The fraction of sp³-hybridized carbons (Fsp3) is 0.521. The van der Waals surface area contributed by atoms with Crippen molar-refractivity contribution in [2.45, 2.75) is 122 Å². The molecule has 0 unspecified atom stereocenters. The number of aryl methyl sites for hydroxylation is 3. The monoisotopic (exact) mass is 914 g/mol. The van der Waals surface area contributed by atoms with Gasteiger partial charge in [-0.25, -0.2) is 13.3 Å². The molecule has 2 saturated carbocycles. The van der Waals surface area contributed by atoms with Crippen molar-refractivity contribution in [2.75, 3.05) is 65.7 Å². The minimum absolute atomic E-state index is 0.108. The van der Waals surface area contributed by atoms with Gasteiger partial charge in [0.1, 0.15) is 18.7 Å². The molecule has 0 bridgehead atoms. The van der Waals surface area contributed by atoms with Crippen LogP contribution >= 0.6 is 11.6 Å². The summed E-state index contributed by atoms with van der Waals surface area (Å²) in [6.45, 7) is 5.61. The first kappa shape index (κ1) is 49.0. The van der Waals surface area contributed by atoms with Crippen LogP contribution in [0.5, 0.6) is 0 Å². The van der Waals surface area contributed by atoms with Crippen LogP contribution in [0, 0.1) is 25.5 Å². The number of likely N-dealkylation sites (tertiary alicyclic amines) is 1. The molecule has 0 atom stereocenters. The molecule has 3 aromatic heterocycles. The Morgan fingerprint density at radius 2 is 1.06 bits per heavy atom. The summed E-state index contributed by atoms with van der Waals surface area (Å²) in [6.07, 6.45) is 20.7. The lowest BCUT2D eigenvalue weighted by Gasteiger charge is -2.35. The molecule has 17 heteroatoms. The number of hydrogen-bond donors (Lipinski definition) is 5. The average Bonchev–Trinajstić information content (AvgIpc) is 3.72. The van der Waals surface area contributed by atoms with Gasteiger partial charge in [-0.2, -0.15) is 29.9 Å². The van der Waals surface area contributed by atoms with E-state index < -0.39 is 0 Å². The number of nitrogens with zero attached hydrogens (tertiary/aromatic N) is 9. The van der Waals surface area contributed by atoms with E-state index in [0.717, 1.165) is 57.3 Å². The Morgan fingerprint density at radius 3 is 1.54 bits per heavy atom. The van der Waals surface area contributed by atoms with Gasteiger partial charge in [-0.3, -0.25) is 0 Å². The molecule has 5 N–H and O–H groups in total. The van der Waals surface area contributed by atoms with E-state index in [9.17, 15) is 8.78 Å². The molecular formula is C48H68ClF2N14+. The summed E-state index contributed by atoms with van der Waals surface area (Å²) >= 11 is 6.01. The van der Waals surface area contributed by atoms with E-state index in [1.165, 1.54) is 63.5 Å². The van der Waals surface area contributed by atoms with Crippen LogP contribution in [0.3, 0.4) is 0 Å². The van der Waals surface area contributed by atoms with Crippen LogP contribution in [-0.4, -0.2) is 87.2 Å². The Hall–Kier alpha value is -5.48. The number of rotatable bonds is 11. The van der Waals surface area contributed by atoms with Crippen LogP contribution in [0.2, 0.25) is 5.28 Å². The van der Waals surface area contributed by atoms with Crippen molar-refractivity contribution in [1.29, 1.82) is 0 Å². The van der Waals surface area contributed by atoms with Crippen LogP contribution in [0.15, 0.2) is 60.9 Å². The molecule has 5 aromatic rings. The Labute approximate surface area is 388 Å². The molecule has 350 valence electrons. The number of benzene rings is 2. The molecule has 4 heterocycles. The predicted octanol–water partition coefficient (Wildman–Crippen LogP) is 10.1. The van der Waals surface area contributed by atoms with Gasteiger partial charge in [-0.05, 0) is 120 Å². The Bertz CT molecular complexity index is 2230. The van der Waals surface area contributed by atoms with Crippen molar-refractivity contribution in [3.8, 4) is 0 Å². The second kappa shape index (κ2) is 24.7. The zero-order valence-electron chi connectivity index (χ0n) is 39.0. The highest BCUT2D eigenvalue weighted by atomic mass is 35.5. The maximum atomic E-state index is 14.1. The molecule has 2 aliphatic carbocycles. The van der Waals surface area contributed by atoms with Gasteiger partial charge in [0.2, 0.25) is 35.0 Å². The zero-order valence-corrected chi connectivity index (χ0v) is 39.7. The average molecular weight is 915 g/mol. The number of aromatic nitrogens is 7. The third kappa shape index (κ3) is 15.9. The first-order valence-corrected chi connectivity index (χ1v) is 23.6. The first-order chi connectivity index (χ1) is 31.4. The topological polar surface area (TPSA) is 148 Å². The molecule has 3 aliphatic rings. The maximum Gasteiger partial charge on any atom is 0.233 e. The summed E-state index contributed by atoms with van der Waals surface area (Å²) in [4.78, 5) is 31.2. The van der Waals surface area contributed by atoms with Gasteiger partial charge in [-0.1, -0.05) is 63.5 Å². The summed E-state index contributed by atoms with van der Waals surface area (Å²) in [7, 11) is 8.14. The predicted molar refractivity (Wildman–Crippen MR) is 260 cm³/mol. The van der Waals surface area contributed by atoms with Crippen molar-refractivity contribution < 1.29 is 13.3 Å². The highest BCUT2D eigenvalue weighted by Crippen LogP contribution is 2.26. The largest absolute Gasteiger partial charge is 0.388 e. The number of piperidine rings is 1. The van der Waals surface area contributed by atoms with Crippen molar-refractivity contribution in [3.63, 3.8) is 0 Å². The number of nitrogens with one attached hydrogen (secondary N) is 5. The fourth-order valence-electron chi connectivity index (χ4n) is 8.14. The molecule has 3 fully saturated rings. The third-order valence-electron chi connectivity index (χ3n) is 12.3. The van der Waals surface area contributed by atoms with E-state index in [2.05, 4.69) is 70.4 Å². The second-order valence-corrected chi connectivity index (χ2v) is 17.9. The molecule has 65 heavy (non-hydrogen) atoms. The summed E-state index contributed by atoms with van der Waals surface area (Å²) in [5.74, 6) is 1.92. The highest BCUT2D eigenvalue weighted by Gasteiger charge is 2.24. The standard InChI is InChI=1S/C24H36FN7.C17H21ClFN5.C7H10N2/c1-17-10-11-19(16-21(17)25)27-23-28-22(26-18-8-6-4-5-7-9-18)29-24(30-23)32(3)20-12-14-31(2)15-13-20;1-11-8-9-13(10-14(11)19)21-17-23-15(18)22-16(24-17)20-12-6-4-2-3-5-7-12;1-8-7-3-5-9(2)6-4-7/h10-11,16,18,20H,4-9,12-15H2,1-3H3,(H2,26,27,28,29,30);8-10,12H,2-7H2,1H3,(H2,20,21,22,23,24);3-6H,1-2H3/p+1. The minimum atomic E-state index is -0.281. The lowest BCUT2D eigenvalue weighted by Crippen LogP contribution is -2.42. The van der Waals surface area contributed by atoms with Gasteiger partial charge in [0.05, 0.1) is 0 Å². The van der Waals surface area contributed by atoms with Gasteiger partial charge in [0.15, 0.2) is 12.4 Å². The molecule has 0 amide bonds. The smallest absolute Gasteiger partial charge is 0.233 e. The van der Waals surface area contributed by atoms with E-state index in [4.69, 9.17) is 21.6 Å². The molecule has 1 aliphatic heterocycles. The first-order valence-electron chi connectivity index (χ1n) is 23.2.